The molecular weight excluding hydrogens is 387 g/mol. The van der Waals surface area contributed by atoms with E-state index in [2.05, 4.69) is 31.3 Å². The maximum absolute atomic E-state index is 13.4. The van der Waals surface area contributed by atoms with E-state index in [1.807, 2.05) is 0 Å². The first-order valence-electron chi connectivity index (χ1n) is 6.45. The molecular formula is C15H9BrClFN4O. The number of aromatic nitrogens is 3. The normalized spacial score (nSPS) is 10.6. The van der Waals surface area contributed by atoms with Gasteiger partial charge in [-0.2, -0.15) is 5.10 Å². The number of hydrogen-bond donors (Lipinski definition) is 1. The van der Waals surface area contributed by atoms with Crippen LogP contribution in [0.5, 0.6) is 0 Å². The Morgan fingerprint density at radius 1 is 1.26 bits per heavy atom. The summed E-state index contributed by atoms with van der Waals surface area (Å²) in [5.41, 5.74) is 1.20. The average Bonchev–Trinajstić information content (AvgIpc) is 3.04. The second kappa shape index (κ2) is 6.47. The minimum absolute atomic E-state index is 0.175. The molecule has 0 fully saturated rings. The van der Waals surface area contributed by atoms with Gasteiger partial charge in [-0.3, -0.25) is 4.79 Å². The van der Waals surface area contributed by atoms with Crippen molar-refractivity contribution in [3.63, 3.8) is 0 Å². The maximum Gasteiger partial charge on any atom is 0.256 e. The summed E-state index contributed by atoms with van der Waals surface area (Å²) in [7, 11) is 0. The Bertz CT molecular complexity index is 870. The summed E-state index contributed by atoms with van der Waals surface area (Å²) < 4.78 is 15.3. The highest BCUT2D eigenvalue weighted by atomic mass is 79.9. The maximum atomic E-state index is 13.4. The Kier molecular flexibility index (Phi) is 4.40. The van der Waals surface area contributed by atoms with E-state index in [0.717, 1.165) is 6.07 Å². The van der Waals surface area contributed by atoms with Crippen molar-refractivity contribution in [1.82, 2.24) is 14.8 Å². The van der Waals surface area contributed by atoms with E-state index >= 15 is 0 Å². The van der Waals surface area contributed by atoms with Crippen LogP contribution in [0, 0.1) is 5.82 Å². The molecule has 1 N–H and O–H groups in total. The number of carbonyl (C=O) groups excluding carboxylic acids is 1. The molecule has 0 aliphatic carbocycles. The molecule has 0 aliphatic heterocycles. The standard InChI is InChI=1S/C15H9BrClFN4O/c16-12-3-2-10(18)6-11(12)15(23)21-13-5-9(17)1-4-14(13)22-8-19-7-20-22/h1-8H,(H,21,23). The molecule has 8 heteroatoms. The number of hydrogen-bond acceptors (Lipinski definition) is 3. The van der Waals surface area contributed by atoms with Crippen molar-refractivity contribution < 1.29 is 9.18 Å². The lowest BCUT2D eigenvalue weighted by Gasteiger charge is -2.12. The first-order valence-corrected chi connectivity index (χ1v) is 7.62. The third kappa shape index (κ3) is 3.40. The molecule has 5 nitrogen and oxygen atoms in total. The van der Waals surface area contributed by atoms with Gasteiger partial charge in [0.05, 0.1) is 16.9 Å². The Hall–Kier alpha value is -2.25. The molecule has 0 saturated heterocycles. The number of benzene rings is 2. The lowest BCUT2D eigenvalue weighted by Crippen LogP contribution is -2.15. The molecule has 3 rings (SSSR count). The zero-order valence-electron chi connectivity index (χ0n) is 11.5. The molecule has 1 amide bonds. The van der Waals surface area contributed by atoms with Gasteiger partial charge in [-0.25, -0.2) is 14.1 Å². The Labute approximate surface area is 144 Å². The summed E-state index contributed by atoms with van der Waals surface area (Å²) in [6, 6.07) is 8.85. The van der Waals surface area contributed by atoms with Crippen molar-refractivity contribution in [2.75, 3.05) is 5.32 Å². The van der Waals surface area contributed by atoms with Crippen LogP contribution >= 0.6 is 27.5 Å². The number of anilines is 1. The number of halogens is 3. The van der Waals surface area contributed by atoms with E-state index in [-0.39, 0.29) is 5.56 Å². The molecule has 116 valence electrons. The fraction of sp³-hybridized carbons (Fsp3) is 0. The van der Waals surface area contributed by atoms with Gasteiger partial charge in [0.1, 0.15) is 18.5 Å². The summed E-state index contributed by atoms with van der Waals surface area (Å²) in [4.78, 5) is 16.3. The average molecular weight is 396 g/mol. The van der Waals surface area contributed by atoms with Gasteiger partial charge in [0, 0.05) is 9.50 Å². The Morgan fingerprint density at radius 2 is 2.09 bits per heavy atom. The zero-order valence-corrected chi connectivity index (χ0v) is 13.8. The van der Waals surface area contributed by atoms with E-state index in [4.69, 9.17) is 11.6 Å². The van der Waals surface area contributed by atoms with Crippen LogP contribution < -0.4 is 5.32 Å². The summed E-state index contributed by atoms with van der Waals surface area (Å²) >= 11 is 9.23. The molecule has 0 unspecified atom stereocenters. The minimum atomic E-state index is -0.499. The highest BCUT2D eigenvalue weighted by molar-refractivity contribution is 9.10. The third-order valence-corrected chi connectivity index (χ3v) is 3.97. The fourth-order valence-corrected chi connectivity index (χ4v) is 2.60. The molecule has 0 saturated carbocycles. The van der Waals surface area contributed by atoms with Crippen LogP contribution in [0.4, 0.5) is 10.1 Å². The zero-order chi connectivity index (χ0) is 16.4. The predicted octanol–water partition coefficient (Wildman–Crippen LogP) is 4.07. The highest BCUT2D eigenvalue weighted by Gasteiger charge is 2.15. The van der Waals surface area contributed by atoms with E-state index in [1.165, 1.54) is 29.5 Å². The number of amides is 1. The van der Waals surface area contributed by atoms with Gasteiger partial charge in [0.2, 0.25) is 0 Å². The highest BCUT2D eigenvalue weighted by Crippen LogP contribution is 2.26. The van der Waals surface area contributed by atoms with Crippen LogP contribution in [0.1, 0.15) is 10.4 Å². The number of carbonyl (C=O) groups is 1. The largest absolute Gasteiger partial charge is 0.320 e. The van der Waals surface area contributed by atoms with E-state index in [1.54, 1.807) is 18.2 Å². The molecule has 23 heavy (non-hydrogen) atoms. The third-order valence-electron chi connectivity index (χ3n) is 3.05. The SMILES string of the molecule is O=C(Nc1cc(Cl)ccc1-n1cncn1)c1cc(F)ccc1Br. The fourth-order valence-electron chi connectivity index (χ4n) is 2.00. The number of nitrogens with one attached hydrogen (secondary N) is 1. The molecule has 1 heterocycles. The van der Waals surface area contributed by atoms with Crippen LogP contribution in [-0.2, 0) is 0 Å². The molecule has 0 aliphatic rings. The predicted molar refractivity (Wildman–Crippen MR) is 88.4 cm³/mol. The molecule has 0 atom stereocenters. The van der Waals surface area contributed by atoms with Crippen LogP contribution in [0.2, 0.25) is 5.02 Å². The van der Waals surface area contributed by atoms with Crippen LogP contribution in [0.3, 0.4) is 0 Å². The van der Waals surface area contributed by atoms with Crippen molar-refractivity contribution in [3.05, 3.63) is 69.9 Å². The molecule has 2 aromatic carbocycles. The molecule has 0 spiro atoms. The summed E-state index contributed by atoms with van der Waals surface area (Å²) in [5.74, 6) is -0.971. The van der Waals surface area contributed by atoms with E-state index in [9.17, 15) is 9.18 Å². The van der Waals surface area contributed by atoms with Crippen LogP contribution in [0.15, 0.2) is 53.5 Å². The van der Waals surface area contributed by atoms with Gasteiger partial charge in [0.15, 0.2) is 0 Å². The molecule has 0 bridgehead atoms. The molecule has 1 aromatic heterocycles. The molecule has 3 aromatic rings. The van der Waals surface area contributed by atoms with Crippen molar-refractivity contribution in [2.24, 2.45) is 0 Å². The first-order chi connectivity index (χ1) is 11.0. The summed E-state index contributed by atoms with van der Waals surface area (Å²) in [6.07, 6.45) is 2.88. The quantitative estimate of drug-likeness (QED) is 0.727. The monoisotopic (exact) mass is 394 g/mol. The second-order valence-electron chi connectivity index (χ2n) is 4.58. The molecule has 0 radical (unpaired) electrons. The van der Waals surface area contributed by atoms with Gasteiger partial charge in [-0.05, 0) is 52.3 Å². The van der Waals surface area contributed by atoms with Gasteiger partial charge >= 0.3 is 0 Å². The van der Waals surface area contributed by atoms with Crippen molar-refractivity contribution in [2.45, 2.75) is 0 Å². The van der Waals surface area contributed by atoms with Gasteiger partial charge < -0.3 is 5.32 Å². The van der Waals surface area contributed by atoms with Gasteiger partial charge in [0.25, 0.3) is 5.91 Å². The smallest absolute Gasteiger partial charge is 0.256 e. The lowest BCUT2D eigenvalue weighted by molar-refractivity contribution is 0.102. The second-order valence-corrected chi connectivity index (χ2v) is 5.87. The van der Waals surface area contributed by atoms with Crippen LogP contribution in [-0.4, -0.2) is 20.7 Å². The van der Waals surface area contributed by atoms with Gasteiger partial charge in [-0.1, -0.05) is 11.6 Å². The summed E-state index contributed by atoms with van der Waals surface area (Å²) in [6.45, 7) is 0. The topological polar surface area (TPSA) is 59.8 Å². The van der Waals surface area contributed by atoms with Gasteiger partial charge in [-0.15, -0.1) is 0 Å². The van der Waals surface area contributed by atoms with E-state index in [0.29, 0.717) is 20.9 Å². The Morgan fingerprint density at radius 3 is 2.83 bits per heavy atom. The number of nitrogens with zero attached hydrogens (tertiary/aromatic N) is 3. The van der Waals surface area contributed by atoms with Crippen LogP contribution in [0.25, 0.3) is 5.69 Å². The summed E-state index contributed by atoms with van der Waals surface area (Å²) in [5, 5.41) is 7.19. The van der Waals surface area contributed by atoms with Crippen molar-refractivity contribution in [1.29, 1.82) is 0 Å². The number of rotatable bonds is 3. The first kappa shape index (κ1) is 15.6. The Balaban J connectivity index is 1.98. The van der Waals surface area contributed by atoms with Crippen molar-refractivity contribution >= 4 is 39.1 Å². The van der Waals surface area contributed by atoms with Crippen molar-refractivity contribution in [3.8, 4) is 5.69 Å². The minimum Gasteiger partial charge on any atom is -0.320 e. The van der Waals surface area contributed by atoms with E-state index < -0.39 is 11.7 Å². The lowest BCUT2D eigenvalue weighted by atomic mass is 10.2.